The van der Waals surface area contributed by atoms with E-state index in [2.05, 4.69) is 43.3 Å². The molecule has 0 bridgehead atoms. The van der Waals surface area contributed by atoms with Crippen LogP contribution in [0.4, 0.5) is 0 Å². The van der Waals surface area contributed by atoms with E-state index in [1.54, 1.807) is 0 Å². The van der Waals surface area contributed by atoms with Crippen LogP contribution < -0.4 is 10.6 Å². The Balaban J connectivity index is 0.00000288. The van der Waals surface area contributed by atoms with Crippen LogP contribution in [-0.2, 0) is 6.54 Å². The second kappa shape index (κ2) is 11.7. The Morgan fingerprint density at radius 3 is 2.46 bits per heavy atom. The summed E-state index contributed by atoms with van der Waals surface area (Å²) in [6, 6.07) is 2.12. The van der Waals surface area contributed by atoms with Crippen molar-refractivity contribution in [3.05, 3.63) is 17.5 Å². The van der Waals surface area contributed by atoms with E-state index in [1.807, 2.05) is 14.0 Å². The zero-order valence-electron chi connectivity index (χ0n) is 15.3. The standard InChI is InChI=1S/C17H32N6.HI/c1-15-14-16(2)23(21-15)12-7-8-19-17(18-3)20-9-13-22-10-5-4-6-11-22;/h14H,4-13H2,1-3H3,(H2,18,19,20);1H. The van der Waals surface area contributed by atoms with Gasteiger partial charge in [-0.3, -0.25) is 9.67 Å². The molecule has 6 nitrogen and oxygen atoms in total. The molecule has 138 valence electrons. The molecule has 1 aliphatic heterocycles. The van der Waals surface area contributed by atoms with E-state index < -0.39 is 0 Å². The van der Waals surface area contributed by atoms with Gasteiger partial charge in [-0.15, -0.1) is 24.0 Å². The molecule has 2 rings (SSSR count). The highest BCUT2D eigenvalue weighted by molar-refractivity contribution is 14.0. The number of aromatic nitrogens is 2. The fraction of sp³-hybridized carbons (Fsp3) is 0.765. The molecule has 1 fully saturated rings. The average Bonchev–Trinajstić information content (AvgIpc) is 2.88. The van der Waals surface area contributed by atoms with Gasteiger partial charge in [-0.05, 0) is 52.3 Å². The number of piperidine rings is 1. The third-order valence-corrected chi connectivity index (χ3v) is 4.34. The van der Waals surface area contributed by atoms with Gasteiger partial charge in [0.2, 0.25) is 0 Å². The number of rotatable bonds is 7. The molecule has 0 radical (unpaired) electrons. The van der Waals surface area contributed by atoms with Gasteiger partial charge in [-0.2, -0.15) is 5.10 Å². The summed E-state index contributed by atoms with van der Waals surface area (Å²) in [6.45, 7) is 10.5. The molecule has 0 saturated carbocycles. The third-order valence-electron chi connectivity index (χ3n) is 4.34. The van der Waals surface area contributed by atoms with Crippen LogP contribution in [0.25, 0.3) is 0 Å². The minimum Gasteiger partial charge on any atom is -0.356 e. The summed E-state index contributed by atoms with van der Waals surface area (Å²) in [5.74, 6) is 0.898. The molecule has 2 N–H and O–H groups in total. The maximum atomic E-state index is 4.49. The number of nitrogens with zero attached hydrogens (tertiary/aromatic N) is 4. The van der Waals surface area contributed by atoms with Crippen LogP contribution in [0.1, 0.15) is 37.1 Å². The Morgan fingerprint density at radius 2 is 1.83 bits per heavy atom. The van der Waals surface area contributed by atoms with Gasteiger partial charge in [0.1, 0.15) is 0 Å². The first kappa shape index (κ1) is 21.2. The molecule has 24 heavy (non-hydrogen) atoms. The van der Waals surface area contributed by atoms with Gasteiger partial charge in [-0.1, -0.05) is 6.42 Å². The molecular weight excluding hydrogens is 415 g/mol. The van der Waals surface area contributed by atoms with Gasteiger partial charge in [0.15, 0.2) is 5.96 Å². The predicted molar refractivity (Wildman–Crippen MR) is 111 cm³/mol. The molecule has 7 heteroatoms. The predicted octanol–water partition coefficient (Wildman–Crippen LogP) is 2.16. The van der Waals surface area contributed by atoms with Crippen molar-refractivity contribution >= 4 is 29.9 Å². The SMILES string of the molecule is CN=C(NCCCn1nc(C)cc1C)NCCN1CCCCC1.I. The zero-order chi connectivity index (χ0) is 16.5. The smallest absolute Gasteiger partial charge is 0.191 e. The van der Waals surface area contributed by atoms with Crippen molar-refractivity contribution in [2.45, 2.75) is 46.1 Å². The molecule has 0 amide bonds. The number of hydrogen-bond donors (Lipinski definition) is 2. The fourth-order valence-electron chi connectivity index (χ4n) is 3.07. The molecule has 0 spiro atoms. The van der Waals surface area contributed by atoms with E-state index >= 15 is 0 Å². The molecule has 1 saturated heterocycles. The Hall–Kier alpha value is -0.830. The fourth-order valence-corrected chi connectivity index (χ4v) is 3.07. The Morgan fingerprint density at radius 1 is 1.12 bits per heavy atom. The van der Waals surface area contributed by atoms with Crippen molar-refractivity contribution in [1.82, 2.24) is 25.3 Å². The van der Waals surface area contributed by atoms with Crippen molar-refractivity contribution in [3.8, 4) is 0 Å². The van der Waals surface area contributed by atoms with Crippen LogP contribution in [0, 0.1) is 13.8 Å². The molecule has 1 aromatic heterocycles. The largest absolute Gasteiger partial charge is 0.356 e. The highest BCUT2D eigenvalue weighted by Crippen LogP contribution is 2.07. The summed E-state index contributed by atoms with van der Waals surface area (Å²) < 4.78 is 2.07. The van der Waals surface area contributed by atoms with E-state index in [-0.39, 0.29) is 24.0 Å². The number of halogens is 1. The maximum absolute atomic E-state index is 4.49. The lowest BCUT2D eigenvalue weighted by molar-refractivity contribution is 0.232. The molecule has 2 heterocycles. The van der Waals surface area contributed by atoms with Crippen molar-refractivity contribution in [1.29, 1.82) is 0 Å². The van der Waals surface area contributed by atoms with Crippen LogP contribution in [0.2, 0.25) is 0 Å². The summed E-state index contributed by atoms with van der Waals surface area (Å²) in [5, 5.41) is 11.3. The highest BCUT2D eigenvalue weighted by atomic mass is 127. The summed E-state index contributed by atoms with van der Waals surface area (Å²) in [4.78, 5) is 6.82. The number of nitrogens with one attached hydrogen (secondary N) is 2. The molecule has 1 aliphatic rings. The van der Waals surface area contributed by atoms with Crippen molar-refractivity contribution < 1.29 is 0 Å². The second-order valence-corrected chi connectivity index (χ2v) is 6.33. The molecule has 1 aromatic rings. The quantitative estimate of drug-likeness (QED) is 0.291. The van der Waals surface area contributed by atoms with Gasteiger partial charge in [0.25, 0.3) is 0 Å². The van der Waals surface area contributed by atoms with Crippen LogP contribution in [0.15, 0.2) is 11.1 Å². The van der Waals surface area contributed by atoms with Gasteiger partial charge >= 0.3 is 0 Å². The lowest BCUT2D eigenvalue weighted by atomic mass is 10.1. The lowest BCUT2D eigenvalue weighted by Gasteiger charge is -2.26. The maximum Gasteiger partial charge on any atom is 0.191 e. The number of likely N-dealkylation sites (tertiary alicyclic amines) is 1. The first-order chi connectivity index (χ1) is 11.2. The Bertz CT molecular complexity index is 493. The minimum absolute atomic E-state index is 0. The van der Waals surface area contributed by atoms with Crippen LogP contribution >= 0.6 is 24.0 Å². The molecule has 0 aromatic carbocycles. The monoisotopic (exact) mass is 448 g/mol. The van der Waals surface area contributed by atoms with E-state index in [9.17, 15) is 0 Å². The van der Waals surface area contributed by atoms with E-state index in [1.165, 1.54) is 38.0 Å². The number of aliphatic imine (C=N–C) groups is 1. The van der Waals surface area contributed by atoms with Gasteiger partial charge < -0.3 is 15.5 Å². The van der Waals surface area contributed by atoms with Crippen LogP contribution in [0.3, 0.4) is 0 Å². The molecule has 0 aliphatic carbocycles. The summed E-state index contributed by atoms with van der Waals surface area (Å²) in [5.41, 5.74) is 2.32. The summed E-state index contributed by atoms with van der Waals surface area (Å²) >= 11 is 0. The zero-order valence-corrected chi connectivity index (χ0v) is 17.7. The van der Waals surface area contributed by atoms with Crippen LogP contribution in [-0.4, -0.2) is 60.4 Å². The normalized spacial score (nSPS) is 15.9. The molecule has 0 atom stereocenters. The molecule has 0 unspecified atom stereocenters. The van der Waals surface area contributed by atoms with Gasteiger partial charge in [0, 0.05) is 38.9 Å². The highest BCUT2D eigenvalue weighted by Gasteiger charge is 2.09. The first-order valence-electron chi connectivity index (χ1n) is 8.87. The van der Waals surface area contributed by atoms with Crippen molar-refractivity contribution in [2.75, 3.05) is 39.8 Å². The van der Waals surface area contributed by atoms with E-state index in [0.717, 1.165) is 44.3 Å². The Kier molecular flexibility index (Phi) is 10.3. The number of aryl methyl sites for hydroxylation is 3. The Labute approximate surface area is 163 Å². The van der Waals surface area contributed by atoms with Crippen molar-refractivity contribution in [2.24, 2.45) is 4.99 Å². The van der Waals surface area contributed by atoms with Crippen molar-refractivity contribution in [3.63, 3.8) is 0 Å². The van der Waals surface area contributed by atoms with Gasteiger partial charge in [-0.25, -0.2) is 0 Å². The van der Waals surface area contributed by atoms with E-state index in [4.69, 9.17) is 0 Å². The third kappa shape index (κ3) is 7.38. The lowest BCUT2D eigenvalue weighted by Crippen LogP contribution is -2.43. The first-order valence-corrected chi connectivity index (χ1v) is 8.87. The number of hydrogen-bond acceptors (Lipinski definition) is 3. The minimum atomic E-state index is 0. The topological polar surface area (TPSA) is 57.5 Å². The second-order valence-electron chi connectivity index (χ2n) is 6.33. The number of guanidine groups is 1. The van der Waals surface area contributed by atoms with Crippen LogP contribution in [0.5, 0.6) is 0 Å². The summed E-state index contributed by atoms with van der Waals surface area (Å²) in [6.07, 6.45) is 5.12. The summed E-state index contributed by atoms with van der Waals surface area (Å²) in [7, 11) is 1.83. The van der Waals surface area contributed by atoms with E-state index in [0.29, 0.717) is 0 Å². The molecular formula is C17H33IN6. The van der Waals surface area contributed by atoms with Gasteiger partial charge in [0.05, 0.1) is 5.69 Å². The average molecular weight is 448 g/mol.